The van der Waals surface area contributed by atoms with Gasteiger partial charge in [-0.1, -0.05) is 11.6 Å². The number of rotatable bonds is 4. The molecule has 0 saturated carbocycles. The van der Waals surface area contributed by atoms with Gasteiger partial charge in [0.25, 0.3) is 5.91 Å². The molecule has 0 aliphatic carbocycles. The second kappa shape index (κ2) is 8.58. The highest BCUT2D eigenvalue weighted by Crippen LogP contribution is 2.33. The number of nitrogens with one attached hydrogen (secondary N) is 1. The summed E-state index contributed by atoms with van der Waals surface area (Å²) in [6.45, 7) is 3.92. The number of methoxy groups -OCH3 is 1. The van der Waals surface area contributed by atoms with Gasteiger partial charge in [0.15, 0.2) is 5.84 Å². The summed E-state index contributed by atoms with van der Waals surface area (Å²) in [5, 5.41) is 16.1. The van der Waals surface area contributed by atoms with Crippen molar-refractivity contribution >= 4 is 51.4 Å². The van der Waals surface area contributed by atoms with E-state index in [0.29, 0.717) is 21.0 Å². The van der Waals surface area contributed by atoms with Crippen molar-refractivity contribution in [3.63, 3.8) is 0 Å². The summed E-state index contributed by atoms with van der Waals surface area (Å²) >= 11 is 7.58. The summed E-state index contributed by atoms with van der Waals surface area (Å²) < 4.78 is 7.29. The number of halogens is 1. The molecule has 3 aromatic rings. The molecule has 1 N–H and O–H groups in total. The number of aromatic nitrogens is 2. The number of fused-ring (bicyclic) bond motifs is 1. The number of aliphatic imine (C=N–C) groups is 1. The van der Waals surface area contributed by atoms with Crippen molar-refractivity contribution in [1.82, 2.24) is 14.6 Å². The lowest BCUT2D eigenvalue weighted by molar-refractivity contribution is -0.114. The molecule has 170 valence electrons. The van der Waals surface area contributed by atoms with E-state index in [4.69, 9.17) is 21.7 Å². The van der Waals surface area contributed by atoms with Crippen LogP contribution in [0.4, 0.5) is 0 Å². The maximum atomic E-state index is 12.8. The fourth-order valence-electron chi connectivity index (χ4n) is 3.88. The summed E-state index contributed by atoms with van der Waals surface area (Å²) in [7, 11) is 1.57. The predicted octanol–water partition coefficient (Wildman–Crippen LogP) is 4.82. The van der Waals surface area contributed by atoms with Crippen LogP contribution in [0.2, 0.25) is 5.02 Å². The monoisotopic (exact) mass is 490 g/mol. The number of carbonyl (C=O) groups excluding carboxylic acids is 1. The molecule has 10 heteroatoms. The zero-order valence-corrected chi connectivity index (χ0v) is 20.1. The summed E-state index contributed by atoms with van der Waals surface area (Å²) in [6.07, 6.45) is 5.06. The molecule has 4 heterocycles. The van der Waals surface area contributed by atoms with Crippen LogP contribution in [0.15, 0.2) is 64.5 Å². The Morgan fingerprint density at radius 2 is 2.03 bits per heavy atom. The Morgan fingerprint density at radius 1 is 1.21 bits per heavy atom. The topological polar surface area (TPSA) is 95.9 Å². The van der Waals surface area contributed by atoms with E-state index in [1.54, 1.807) is 25.6 Å². The normalized spacial score (nSPS) is 16.6. The summed E-state index contributed by atoms with van der Waals surface area (Å²) in [5.74, 6) is 0.113. The molecule has 1 aromatic carbocycles. The molecule has 2 aliphatic heterocycles. The lowest BCUT2D eigenvalue weighted by Gasteiger charge is -2.20. The molecule has 8 nitrogen and oxygen atoms in total. The van der Waals surface area contributed by atoms with E-state index in [2.05, 4.69) is 15.1 Å². The fourth-order valence-corrected chi connectivity index (χ4v) is 5.01. The van der Waals surface area contributed by atoms with Crippen LogP contribution in [-0.2, 0) is 4.79 Å². The molecule has 0 spiro atoms. The van der Waals surface area contributed by atoms with Gasteiger partial charge in [0, 0.05) is 35.0 Å². The molecule has 5 rings (SSSR count). The number of pyridine rings is 1. The van der Waals surface area contributed by atoms with Crippen LogP contribution in [0, 0.1) is 19.3 Å². The first kappa shape index (κ1) is 22.1. The molecule has 0 bridgehead atoms. The average Bonchev–Trinajstić information content (AvgIpc) is 3.37. The highest BCUT2D eigenvalue weighted by atomic mass is 35.5. The van der Waals surface area contributed by atoms with Gasteiger partial charge >= 0.3 is 0 Å². The smallest absolute Gasteiger partial charge is 0.283 e. The van der Waals surface area contributed by atoms with Crippen molar-refractivity contribution in [3.8, 4) is 11.4 Å². The zero-order valence-electron chi connectivity index (χ0n) is 18.5. The first-order valence-electron chi connectivity index (χ1n) is 10.3. The van der Waals surface area contributed by atoms with Crippen molar-refractivity contribution in [1.29, 1.82) is 5.41 Å². The number of amidine groups is 2. The molecule has 0 unspecified atom stereocenters. The minimum atomic E-state index is -0.469. The molecular formula is C24H19ClN6O2S. The van der Waals surface area contributed by atoms with E-state index in [1.165, 1.54) is 16.8 Å². The third kappa shape index (κ3) is 3.72. The standard InChI is InChI=1S/C24H19ClN6O2S/c1-13-9-16(14(2)30(13)17-6-7-20(33-3)19(25)11-17)10-18-21(26)31-24(28-22(18)32)34-23(29-31)15-5-4-8-27-12-15/h4-12,26H,1-3H3/b18-10+,26-21?. The Balaban J connectivity index is 1.51. The van der Waals surface area contributed by atoms with Gasteiger partial charge in [-0.25, -0.2) is 0 Å². The highest BCUT2D eigenvalue weighted by Gasteiger charge is 2.36. The van der Waals surface area contributed by atoms with Crippen LogP contribution in [-0.4, -0.2) is 43.6 Å². The highest BCUT2D eigenvalue weighted by molar-refractivity contribution is 8.27. The molecule has 0 radical (unpaired) electrons. The third-order valence-electron chi connectivity index (χ3n) is 5.53. The van der Waals surface area contributed by atoms with E-state index in [9.17, 15) is 4.79 Å². The number of nitrogens with zero attached hydrogens (tertiary/aromatic N) is 5. The maximum absolute atomic E-state index is 12.8. The Kier molecular flexibility index (Phi) is 5.59. The minimum absolute atomic E-state index is 0.0151. The van der Waals surface area contributed by atoms with Crippen LogP contribution < -0.4 is 4.74 Å². The van der Waals surface area contributed by atoms with Gasteiger partial charge in [-0.3, -0.25) is 15.2 Å². The summed E-state index contributed by atoms with van der Waals surface area (Å²) in [5.41, 5.74) is 4.51. The summed E-state index contributed by atoms with van der Waals surface area (Å²) in [4.78, 5) is 21.1. The Hall–Kier alpha value is -3.69. The zero-order chi connectivity index (χ0) is 24.0. The minimum Gasteiger partial charge on any atom is -0.495 e. The second-order valence-corrected chi connectivity index (χ2v) is 9.01. The van der Waals surface area contributed by atoms with Crippen LogP contribution in [0.5, 0.6) is 5.75 Å². The van der Waals surface area contributed by atoms with Gasteiger partial charge in [0.05, 0.1) is 17.7 Å². The van der Waals surface area contributed by atoms with Crippen molar-refractivity contribution in [2.75, 3.05) is 7.11 Å². The molecule has 2 aliphatic rings. The van der Waals surface area contributed by atoms with Crippen molar-refractivity contribution in [3.05, 3.63) is 81.9 Å². The van der Waals surface area contributed by atoms with Crippen LogP contribution in [0.1, 0.15) is 22.5 Å². The SMILES string of the molecule is COc1ccc(-n2c(C)cc(/C=C3\C(=N)N4N=C(c5cccnc5)SC4=NC3=O)c2C)cc1Cl. The van der Waals surface area contributed by atoms with Gasteiger partial charge in [0.2, 0.25) is 5.17 Å². The quantitative estimate of drug-likeness (QED) is 0.529. The Labute approximate surface area is 205 Å². The second-order valence-electron chi connectivity index (χ2n) is 7.65. The lowest BCUT2D eigenvalue weighted by Crippen LogP contribution is -2.35. The van der Waals surface area contributed by atoms with Crippen molar-refractivity contribution < 1.29 is 9.53 Å². The Morgan fingerprint density at radius 3 is 2.74 bits per heavy atom. The number of amides is 1. The number of carbonyl (C=O) groups is 1. The van der Waals surface area contributed by atoms with E-state index in [1.807, 2.05) is 54.8 Å². The molecule has 1 amide bonds. The fraction of sp³-hybridized carbons (Fsp3) is 0.125. The molecular weight excluding hydrogens is 472 g/mol. The van der Waals surface area contributed by atoms with Gasteiger partial charge < -0.3 is 9.30 Å². The molecule has 2 aromatic heterocycles. The van der Waals surface area contributed by atoms with E-state index in [0.717, 1.165) is 28.2 Å². The third-order valence-corrected chi connectivity index (χ3v) is 6.78. The number of aryl methyl sites for hydroxylation is 1. The van der Waals surface area contributed by atoms with Crippen LogP contribution in [0.25, 0.3) is 11.8 Å². The number of ether oxygens (including phenoxy) is 1. The van der Waals surface area contributed by atoms with Gasteiger partial charge in [0.1, 0.15) is 10.8 Å². The largest absolute Gasteiger partial charge is 0.495 e. The predicted molar refractivity (Wildman–Crippen MR) is 135 cm³/mol. The number of thioether (sulfide) groups is 1. The number of hydrazone groups is 1. The maximum Gasteiger partial charge on any atom is 0.283 e. The average molecular weight is 491 g/mol. The van der Waals surface area contributed by atoms with E-state index in [-0.39, 0.29) is 11.4 Å². The van der Waals surface area contributed by atoms with Gasteiger partial charge in [-0.2, -0.15) is 15.1 Å². The molecule has 0 fully saturated rings. The number of benzene rings is 1. The van der Waals surface area contributed by atoms with Crippen LogP contribution >= 0.6 is 23.4 Å². The van der Waals surface area contributed by atoms with E-state index < -0.39 is 5.91 Å². The number of hydrogen-bond acceptors (Lipinski definition) is 6. The summed E-state index contributed by atoms with van der Waals surface area (Å²) in [6, 6.07) is 11.2. The lowest BCUT2D eigenvalue weighted by atomic mass is 10.1. The molecule has 34 heavy (non-hydrogen) atoms. The first-order valence-corrected chi connectivity index (χ1v) is 11.5. The number of hydrogen-bond donors (Lipinski definition) is 1. The van der Waals surface area contributed by atoms with Crippen molar-refractivity contribution in [2.24, 2.45) is 10.1 Å². The van der Waals surface area contributed by atoms with Crippen molar-refractivity contribution in [2.45, 2.75) is 13.8 Å². The Bertz CT molecular complexity index is 1440. The van der Waals surface area contributed by atoms with Crippen LogP contribution in [0.3, 0.4) is 0 Å². The van der Waals surface area contributed by atoms with Gasteiger partial charge in [-0.15, -0.1) is 0 Å². The molecule has 0 atom stereocenters. The van der Waals surface area contributed by atoms with E-state index >= 15 is 0 Å². The van der Waals surface area contributed by atoms with Gasteiger partial charge in [-0.05, 0) is 73.6 Å². The first-order chi connectivity index (χ1) is 16.4. The molecule has 0 saturated heterocycles.